The van der Waals surface area contributed by atoms with Crippen LogP contribution in [0.15, 0.2) is 65.9 Å². The summed E-state index contributed by atoms with van der Waals surface area (Å²) < 4.78 is 11.7. The lowest BCUT2D eigenvalue weighted by atomic mass is 9.99. The number of nitrogens with two attached hydrogens (primary N) is 2. The number of rotatable bonds is 12. The normalized spacial score (nSPS) is 15.2. The lowest BCUT2D eigenvalue weighted by Gasteiger charge is -2.18. The second kappa shape index (κ2) is 13.0. The number of carbonyl (C=O) groups excluding carboxylic acids is 3. The third kappa shape index (κ3) is 7.51. The zero-order valence-electron chi connectivity index (χ0n) is 21.4. The molecule has 0 atom stereocenters. The Labute approximate surface area is 220 Å². The Balaban J connectivity index is 1.30. The molecule has 0 radical (unpaired) electrons. The summed E-state index contributed by atoms with van der Waals surface area (Å²) in [6, 6.07) is 13.5. The van der Waals surface area contributed by atoms with Crippen molar-refractivity contribution in [3.05, 3.63) is 77.1 Å². The quantitative estimate of drug-likeness (QED) is 0.360. The summed E-state index contributed by atoms with van der Waals surface area (Å²) in [4.78, 5) is 39.6. The molecule has 4 rings (SSSR count). The molecule has 4 amide bonds. The number of carbonyl (C=O) groups is 3. The Bertz CT molecular complexity index is 1250. The fraction of sp³-hybridized carbons (Fsp3) is 0.321. The fourth-order valence-corrected chi connectivity index (χ4v) is 4.18. The van der Waals surface area contributed by atoms with Gasteiger partial charge in [0.2, 0.25) is 6.61 Å². The van der Waals surface area contributed by atoms with Gasteiger partial charge in [-0.1, -0.05) is 30.3 Å². The molecule has 0 spiro atoms. The highest BCUT2D eigenvalue weighted by atomic mass is 16.7. The van der Waals surface area contributed by atoms with Crippen LogP contribution in [-0.4, -0.2) is 54.5 Å². The van der Waals surface area contributed by atoms with Crippen molar-refractivity contribution in [3.63, 3.8) is 0 Å². The van der Waals surface area contributed by atoms with Gasteiger partial charge in [0.25, 0.3) is 0 Å². The molecule has 1 saturated heterocycles. The van der Waals surface area contributed by atoms with E-state index in [-0.39, 0.29) is 25.7 Å². The van der Waals surface area contributed by atoms with E-state index < -0.39 is 12.1 Å². The number of urea groups is 1. The predicted octanol–water partition coefficient (Wildman–Crippen LogP) is 1.68. The Morgan fingerprint density at radius 2 is 2.00 bits per heavy atom. The first-order valence-corrected chi connectivity index (χ1v) is 12.6. The van der Waals surface area contributed by atoms with E-state index in [1.54, 1.807) is 5.32 Å². The minimum Gasteiger partial charge on any atom is -0.493 e. The number of aliphatic hydroxyl groups is 1. The summed E-state index contributed by atoms with van der Waals surface area (Å²) in [5.74, 6) is 1.39. The van der Waals surface area contributed by atoms with Gasteiger partial charge in [-0.2, -0.15) is 10.1 Å². The van der Waals surface area contributed by atoms with E-state index in [2.05, 4.69) is 6.07 Å². The second-order valence-electron chi connectivity index (χ2n) is 9.18. The van der Waals surface area contributed by atoms with Crippen molar-refractivity contribution in [2.45, 2.75) is 32.8 Å². The van der Waals surface area contributed by atoms with Crippen molar-refractivity contribution in [1.29, 1.82) is 0 Å². The molecule has 2 aromatic rings. The van der Waals surface area contributed by atoms with Crippen molar-refractivity contribution in [1.82, 2.24) is 5.06 Å². The molecule has 1 aliphatic heterocycles. The topological polar surface area (TPSA) is 136 Å². The fourth-order valence-electron chi connectivity index (χ4n) is 4.18. The molecule has 2 aliphatic rings. The van der Waals surface area contributed by atoms with Crippen molar-refractivity contribution in [3.8, 4) is 16.9 Å². The molecule has 1 heterocycles. The minimum absolute atomic E-state index is 0.0218. The van der Waals surface area contributed by atoms with E-state index in [0.717, 1.165) is 44.0 Å². The summed E-state index contributed by atoms with van der Waals surface area (Å²) in [7, 11) is 0. The summed E-state index contributed by atoms with van der Waals surface area (Å²) in [5, 5.41) is 12.4. The Hall–Kier alpha value is -3.99. The van der Waals surface area contributed by atoms with E-state index in [1.807, 2.05) is 55.5 Å². The number of aryl methyl sites for hydroxylation is 1. The molecule has 0 saturated carbocycles. The van der Waals surface area contributed by atoms with Gasteiger partial charge in [-0.15, -0.1) is 5.06 Å². The number of aliphatic hydroxyl groups excluding tert-OH is 1. The van der Waals surface area contributed by atoms with Crippen LogP contribution in [0.2, 0.25) is 0 Å². The van der Waals surface area contributed by atoms with Crippen molar-refractivity contribution < 1.29 is 44.4 Å². The Morgan fingerprint density at radius 3 is 2.71 bits per heavy atom. The number of benzene rings is 2. The van der Waals surface area contributed by atoms with E-state index in [9.17, 15) is 14.4 Å². The highest BCUT2D eigenvalue weighted by Gasteiger charge is 2.35. The zero-order chi connectivity index (χ0) is 26.9. The van der Waals surface area contributed by atoms with Crippen molar-refractivity contribution >= 4 is 18.0 Å². The molecule has 0 aromatic heterocycles. The highest BCUT2D eigenvalue weighted by Crippen LogP contribution is 2.28. The number of ether oxygens (including phenoxy) is 2. The number of quaternary nitrogens is 2. The summed E-state index contributed by atoms with van der Waals surface area (Å²) in [6.07, 6.45) is 5.15. The van der Waals surface area contributed by atoms with Gasteiger partial charge in [-0.25, -0.2) is 9.59 Å². The predicted molar refractivity (Wildman–Crippen MR) is 136 cm³/mol. The van der Waals surface area contributed by atoms with Gasteiger partial charge in [0.15, 0.2) is 0 Å². The van der Waals surface area contributed by atoms with Crippen LogP contribution in [0.25, 0.3) is 11.1 Å². The van der Waals surface area contributed by atoms with Gasteiger partial charge in [0.05, 0.1) is 18.8 Å². The molecule has 38 heavy (non-hydrogen) atoms. The summed E-state index contributed by atoms with van der Waals surface area (Å²) in [5.41, 5.74) is 5.18. The van der Waals surface area contributed by atoms with Gasteiger partial charge in [-0.3, -0.25) is 10.2 Å². The lowest BCUT2D eigenvalue weighted by Crippen LogP contribution is -2.89. The maximum Gasteiger partial charge on any atom is 0.546 e. The van der Waals surface area contributed by atoms with E-state index in [1.165, 1.54) is 0 Å². The minimum atomic E-state index is -0.635. The summed E-state index contributed by atoms with van der Waals surface area (Å²) >= 11 is 0. The highest BCUT2D eigenvalue weighted by molar-refractivity contribution is 5.78. The van der Waals surface area contributed by atoms with Gasteiger partial charge < -0.3 is 14.6 Å². The number of primary amides is 3. The number of amides is 4. The molecule has 10 heteroatoms. The van der Waals surface area contributed by atoms with Crippen LogP contribution >= 0.6 is 0 Å². The molecule has 0 unspecified atom stereocenters. The first-order valence-electron chi connectivity index (χ1n) is 12.6. The number of imide groups is 1. The second-order valence-corrected chi connectivity index (χ2v) is 9.18. The number of hydroxylamine groups is 2. The number of nitrogens with zero attached hydrogens (tertiary/aromatic N) is 1. The van der Waals surface area contributed by atoms with Gasteiger partial charge in [0.1, 0.15) is 12.4 Å². The third-order valence-corrected chi connectivity index (χ3v) is 6.21. The molecule has 1 fully saturated rings. The van der Waals surface area contributed by atoms with Gasteiger partial charge in [-0.05, 0) is 65.4 Å². The first kappa shape index (κ1) is 27.1. The molecule has 0 bridgehead atoms. The molecule has 1 aliphatic carbocycles. The SMILES string of the molecule is Cc1cc(OCC(=O)[NH2+]CCCO)ccc1-c1cccc(COC2=CC=C(CN3OC(=O)[NH2+]C3=O)CC2)c1. The van der Waals surface area contributed by atoms with Crippen LogP contribution in [-0.2, 0) is 21.0 Å². The van der Waals surface area contributed by atoms with Crippen LogP contribution in [0, 0.1) is 6.92 Å². The van der Waals surface area contributed by atoms with Crippen LogP contribution in [0.3, 0.4) is 0 Å². The monoisotopic (exact) mass is 523 g/mol. The average molecular weight is 524 g/mol. The Kier molecular flexibility index (Phi) is 9.26. The van der Waals surface area contributed by atoms with Gasteiger partial charge in [0, 0.05) is 19.4 Å². The van der Waals surface area contributed by atoms with Gasteiger partial charge >= 0.3 is 18.0 Å². The van der Waals surface area contributed by atoms with Crippen LogP contribution in [0.4, 0.5) is 9.59 Å². The van der Waals surface area contributed by atoms with E-state index >= 15 is 0 Å². The van der Waals surface area contributed by atoms with Crippen molar-refractivity contribution in [2.75, 3.05) is 26.3 Å². The molecule has 2 aromatic carbocycles. The lowest BCUT2D eigenvalue weighted by molar-refractivity contribution is -0.569. The zero-order valence-corrected chi connectivity index (χ0v) is 21.4. The largest absolute Gasteiger partial charge is 0.546 e. The third-order valence-electron chi connectivity index (χ3n) is 6.21. The van der Waals surface area contributed by atoms with Crippen LogP contribution in [0.5, 0.6) is 5.75 Å². The van der Waals surface area contributed by atoms with Crippen LogP contribution < -0.4 is 15.4 Å². The smallest absolute Gasteiger partial charge is 0.493 e. The molecule has 200 valence electrons. The Morgan fingerprint density at radius 1 is 1.13 bits per heavy atom. The molecular formula is C28H33N3O7+2. The summed E-state index contributed by atoms with van der Waals surface area (Å²) in [6.45, 7) is 3.28. The number of hydrogen-bond acceptors (Lipinski definition) is 7. The van der Waals surface area contributed by atoms with Crippen molar-refractivity contribution in [2.24, 2.45) is 0 Å². The average Bonchev–Trinajstić information content (AvgIpc) is 3.23. The molecular weight excluding hydrogens is 490 g/mol. The maximum absolute atomic E-state index is 11.9. The van der Waals surface area contributed by atoms with Crippen LogP contribution in [0.1, 0.15) is 30.4 Å². The molecule has 10 nitrogen and oxygen atoms in total. The van der Waals surface area contributed by atoms with E-state index in [0.29, 0.717) is 38.2 Å². The maximum atomic E-state index is 11.9. The van der Waals surface area contributed by atoms with E-state index in [4.69, 9.17) is 19.4 Å². The number of hydrogen-bond donors (Lipinski definition) is 3. The molecule has 5 N–H and O–H groups in total. The first-order chi connectivity index (χ1) is 18.4. The standard InChI is InChI=1S/C28H31N3O7/c1-19-14-24(37-18-26(33)29-12-3-13-32)10-11-25(19)22-5-2-4-21(15-22)17-36-23-8-6-20(7-9-23)16-31-27(34)30-28(35)38-31/h2,4-6,8,10-11,14-15,32H,3,7,9,12-13,16-18H2,1H3,(H,29,33)(H,30,34,35)/p+2. The number of allylic oxidation sites excluding steroid dienone is 3.